The number of anilines is 1. The quantitative estimate of drug-likeness (QED) is 0.566. The van der Waals surface area contributed by atoms with Gasteiger partial charge in [0, 0.05) is 18.1 Å². The average molecular weight is 480 g/mol. The Labute approximate surface area is 195 Å². The van der Waals surface area contributed by atoms with E-state index in [1.54, 1.807) is 32.0 Å². The molecule has 1 atom stereocenters. The van der Waals surface area contributed by atoms with Gasteiger partial charge in [0.15, 0.2) is 0 Å². The van der Waals surface area contributed by atoms with Crippen LogP contribution in [0.1, 0.15) is 31.4 Å². The summed E-state index contributed by atoms with van der Waals surface area (Å²) >= 11 is 6.01. The Morgan fingerprint density at radius 1 is 1.12 bits per heavy atom. The molecule has 2 amide bonds. The topological polar surface area (TPSA) is 86.8 Å². The van der Waals surface area contributed by atoms with Gasteiger partial charge in [-0.05, 0) is 49.6 Å². The minimum absolute atomic E-state index is 0.178. The Hall–Kier alpha value is -2.58. The Morgan fingerprint density at radius 3 is 2.34 bits per heavy atom. The van der Waals surface area contributed by atoms with Crippen molar-refractivity contribution in [2.75, 3.05) is 23.7 Å². The van der Waals surface area contributed by atoms with E-state index in [0.29, 0.717) is 22.8 Å². The second-order valence-electron chi connectivity index (χ2n) is 7.67. The number of rotatable bonds is 10. The molecule has 174 valence electrons. The van der Waals surface area contributed by atoms with Crippen molar-refractivity contribution in [3.05, 3.63) is 64.7 Å². The smallest absolute Gasteiger partial charge is 0.244 e. The lowest BCUT2D eigenvalue weighted by atomic mass is 10.1. The van der Waals surface area contributed by atoms with E-state index in [1.165, 1.54) is 4.90 Å². The summed E-state index contributed by atoms with van der Waals surface area (Å²) in [6.45, 7) is 5.56. The molecule has 0 aliphatic rings. The predicted octanol–water partition coefficient (Wildman–Crippen LogP) is 3.36. The molecule has 7 nitrogen and oxygen atoms in total. The molecule has 2 aromatic carbocycles. The zero-order valence-corrected chi connectivity index (χ0v) is 20.4. The zero-order chi connectivity index (χ0) is 23.9. The van der Waals surface area contributed by atoms with Crippen molar-refractivity contribution in [3.8, 4) is 0 Å². The van der Waals surface area contributed by atoms with Gasteiger partial charge in [-0.1, -0.05) is 48.9 Å². The number of carbonyl (C=O) groups excluding carboxylic acids is 2. The van der Waals surface area contributed by atoms with Crippen LogP contribution in [0.2, 0.25) is 5.02 Å². The van der Waals surface area contributed by atoms with E-state index in [-0.39, 0.29) is 12.5 Å². The summed E-state index contributed by atoms with van der Waals surface area (Å²) in [5, 5.41) is 3.27. The molecule has 0 saturated heterocycles. The SMILES string of the molecule is CCCNC(=O)[C@H](C)N(Cc1ccccc1)C(=O)CN(c1ccc(Cl)cc1C)S(C)(=O)=O. The van der Waals surface area contributed by atoms with Gasteiger partial charge in [0.2, 0.25) is 21.8 Å². The number of hydrogen-bond donors (Lipinski definition) is 1. The van der Waals surface area contributed by atoms with Crippen molar-refractivity contribution >= 4 is 39.1 Å². The molecule has 9 heteroatoms. The van der Waals surface area contributed by atoms with Crippen molar-refractivity contribution in [1.29, 1.82) is 0 Å². The summed E-state index contributed by atoms with van der Waals surface area (Å²) in [6.07, 6.45) is 1.82. The maximum absolute atomic E-state index is 13.4. The third kappa shape index (κ3) is 6.97. The molecular formula is C23H30ClN3O4S. The fourth-order valence-corrected chi connectivity index (χ4v) is 4.39. The maximum atomic E-state index is 13.4. The Balaban J connectivity index is 2.38. The van der Waals surface area contributed by atoms with Gasteiger partial charge in [0.1, 0.15) is 12.6 Å². The second kappa shape index (κ2) is 11.3. The Kier molecular flexibility index (Phi) is 9.09. The molecule has 0 aromatic heterocycles. The van der Waals surface area contributed by atoms with E-state index in [4.69, 9.17) is 11.6 Å². The highest BCUT2D eigenvalue weighted by Gasteiger charge is 2.30. The first-order chi connectivity index (χ1) is 15.0. The molecule has 0 aliphatic carbocycles. The number of halogens is 1. The first kappa shape index (κ1) is 25.7. The monoisotopic (exact) mass is 479 g/mol. The van der Waals surface area contributed by atoms with Crippen molar-refractivity contribution in [3.63, 3.8) is 0 Å². The van der Waals surface area contributed by atoms with Crippen LogP contribution in [-0.4, -0.2) is 50.5 Å². The number of sulfonamides is 1. The maximum Gasteiger partial charge on any atom is 0.244 e. The first-order valence-electron chi connectivity index (χ1n) is 10.4. The molecular weight excluding hydrogens is 450 g/mol. The molecule has 0 spiro atoms. The lowest BCUT2D eigenvalue weighted by Gasteiger charge is -2.32. The number of amides is 2. The van der Waals surface area contributed by atoms with Crippen molar-refractivity contribution in [2.45, 2.75) is 39.8 Å². The van der Waals surface area contributed by atoms with Crippen LogP contribution < -0.4 is 9.62 Å². The molecule has 0 radical (unpaired) electrons. The number of aryl methyl sites for hydroxylation is 1. The van der Waals surface area contributed by atoms with Crippen LogP contribution in [0.15, 0.2) is 48.5 Å². The molecule has 0 aliphatic heterocycles. The fraction of sp³-hybridized carbons (Fsp3) is 0.391. The van der Waals surface area contributed by atoms with Gasteiger partial charge < -0.3 is 10.2 Å². The summed E-state index contributed by atoms with van der Waals surface area (Å²) in [4.78, 5) is 27.4. The van der Waals surface area contributed by atoms with Gasteiger partial charge in [-0.25, -0.2) is 8.42 Å². The van der Waals surface area contributed by atoms with E-state index < -0.39 is 28.5 Å². The van der Waals surface area contributed by atoms with Crippen LogP contribution in [0.4, 0.5) is 5.69 Å². The molecule has 2 rings (SSSR count). The van der Waals surface area contributed by atoms with Crippen LogP contribution >= 0.6 is 11.6 Å². The van der Waals surface area contributed by atoms with Crippen molar-refractivity contribution in [2.24, 2.45) is 0 Å². The average Bonchev–Trinajstić information content (AvgIpc) is 2.74. The van der Waals surface area contributed by atoms with Crippen molar-refractivity contribution < 1.29 is 18.0 Å². The van der Waals surface area contributed by atoms with Crippen LogP contribution in [-0.2, 0) is 26.2 Å². The largest absolute Gasteiger partial charge is 0.354 e. The fourth-order valence-electron chi connectivity index (χ4n) is 3.25. The van der Waals surface area contributed by atoms with E-state index in [9.17, 15) is 18.0 Å². The molecule has 32 heavy (non-hydrogen) atoms. The first-order valence-corrected chi connectivity index (χ1v) is 12.6. The minimum atomic E-state index is -3.77. The second-order valence-corrected chi connectivity index (χ2v) is 10.0. The molecule has 0 unspecified atom stereocenters. The minimum Gasteiger partial charge on any atom is -0.354 e. The van der Waals surface area contributed by atoms with E-state index in [0.717, 1.165) is 22.5 Å². The number of carbonyl (C=O) groups is 2. The molecule has 1 N–H and O–H groups in total. The van der Waals surface area contributed by atoms with Crippen LogP contribution in [0, 0.1) is 6.92 Å². The number of nitrogens with one attached hydrogen (secondary N) is 1. The summed E-state index contributed by atoms with van der Waals surface area (Å²) in [6, 6.07) is 13.3. The molecule has 0 saturated carbocycles. The molecule has 0 fully saturated rings. The van der Waals surface area contributed by atoms with Crippen LogP contribution in [0.25, 0.3) is 0 Å². The third-order valence-corrected chi connectivity index (χ3v) is 6.38. The molecule has 2 aromatic rings. The van der Waals surface area contributed by atoms with Gasteiger partial charge in [-0.2, -0.15) is 0 Å². The number of benzene rings is 2. The van der Waals surface area contributed by atoms with Crippen molar-refractivity contribution in [1.82, 2.24) is 10.2 Å². The third-order valence-electron chi connectivity index (χ3n) is 5.02. The van der Waals surface area contributed by atoms with Gasteiger partial charge in [-0.3, -0.25) is 13.9 Å². The summed E-state index contributed by atoms with van der Waals surface area (Å²) in [5.41, 5.74) is 1.83. The molecule has 0 heterocycles. The highest BCUT2D eigenvalue weighted by molar-refractivity contribution is 7.92. The lowest BCUT2D eigenvalue weighted by Crippen LogP contribution is -2.51. The van der Waals surface area contributed by atoms with E-state index in [2.05, 4.69) is 5.32 Å². The van der Waals surface area contributed by atoms with E-state index in [1.807, 2.05) is 37.3 Å². The Morgan fingerprint density at radius 2 is 1.78 bits per heavy atom. The lowest BCUT2D eigenvalue weighted by molar-refractivity contribution is -0.139. The standard InChI is InChI=1S/C23H30ClN3O4S/c1-5-13-25-23(29)18(3)26(15-19-9-7-6-8-10-19)22(28)16-27(32(4,30)31)21-12-11-20(24)14-17(21)2/h6-12,14,18H,5,13,15-16H2,1-4H3,(H,25,29)/t18-/m0/s1. The summed E-state index contributed by atoms with van der Waals surface area (Å²) in [5.74, 6) is -0.766. The van der Waals surface area contributed by atoms with Gasteiger partial charge in [0.05, 0.1) is 11.9 Å². The van der Waals surface area contributed by atoms with Crippen LogP contribution in [0.5, 0.6) is 0 Å². The van der Waals surface area contributed by atoms with Crippen LogP contribution in [0.3, 0.4) is 0 Å². The highest BCUT2D eigenvalue weighted by atomic mass is 35.5. The molecule has 0 bridgehead atoms. The number of hydrogen-bond acceptors (Lipinski definition) is 4. The summed E-state index contributed by atoms with van der Waals surface area (Å²) < 4.78 is 26.2. The van der Waals surface area contributed by atoms with Gasteiger partial charge >= 0.3 is 0 Å². The highest BCUT2D eigenvalue weighted by Crippen LogP contribution is 2.26. The van der Waals surface area contributed by atoms with Gasteiger partial charge in [0.25, 0.3) is 0 Å². The normalized spacial score (nSPS) is 12.2. The zero-order valence-electron chi connectivity index (χ0n) is 18.8. The summed E-state index contributed by atoms with van der Waals surface area (Å²) in [7, 11) is -3.77. The Bertz CT molecular complexity index is 1040. The number of nitrogens with zero attached hydrogens (tertiary/aromatic N) is 2. The van der Waals surface area contributed by atoms with E-state index >= 15 is 0 Å². The predicted molar refractivity (Wildman–Crippen MR) is 128 cm³/mol. The van der Waals surface area contributed by atoms with Gasteiger partial charge in [-0.15, -0.1) is 0 Å².